The average Bonchev–Trinajstić information content (AvgIpc) is 2.38. The number of carboxylic acids is 1. The number of rotatable bonds is 8. The number of nitrogens with one attached hydrogen (secondary N) is 1. The lowest BCUT2D eigenvalue weighted by Gasteiger charge is -2.16. The zero-order chi connectivity index (χ0) is 16.0. The fourth-order valence-corrected chi connectivity index (χ4v) is 2.75. The molecular formula is C14H22N2O4S. The maximum Gasteiger partial charge on any atom is 0.303 e. The normalized spacial score (nSPS) is 13.1. The van der Waals surface area contributed by atoms with Crippen LogP contribution in [0.25, 0.3) is 0 Å². The summed E-state index contributed by atoms with van der Waals surface area (Å²) in [7, 11) is -0.421. The lowest BCUT2D eigenvalue weighted by atomic mass is 10.1. The van der Waals surface area contributed by atoms with Crippen molar-refractivity contribution in [1.29, 1.82) is 0 Å². The van der Waals surface area contributed by atoms with Crippen LogP contribution in [0.4, 0.5) is 5.69 Å². The van der Waals surface area contributed by atoms with E-state index in [0.29, 0.717) is 6.42 Å². The molecule has 118 valence electrons. The summed E-state index contributed by atoms with van der Waals surface area (Å²) in [4.78, 5) is 10.7. The molecule has 2 N–H and O–H groups in total. The Morgan fingerprint density at radius 1 is 1.29 bits per heavy atom. The van der Waals surface area contributed by atoms with Gasteiger partial charge in [-0.3, -0.25) is 4.79 Å². The fourth-order valence-electron chi connectivity index (χ4n) is 1.85. The SMILES string of the molecule is CC(CCCC(=O)O)Nc1ccc(S(=O)(=O)N(C)C)cc1. The molecule has 1 unspecified atom stereocenters. The van der Waals surface area contributed by atoms with Gasteiger partial charge in [0.15, 0.2) is 0 Å². The lowest BCUT2D eigenvalue weighted by Crippen LogP contribution is -2.22. The van der Waals surface area contributed by atoms with Crippen molar-refractivity contribution >= 4 is 21.7 Å². The number of nitrogens with zero attached hydrogens (tertiary/aromatic N) is 1. The van der Waals surface area contributed by atoms with Gasteiger partial charge in [-0.15, -0.1) is 0 Å². The summed E-state index contributed by atoms with van der Waals surface area (Å²) in [5, 5.41) is 11.8. The van der Waals surface area contributed by atoms with E-state index in [1.54, 1.807) is 24.3 Å². The highest BCUT2D eigenvalue weighted by Gasteiger charge is 2.16. The number of carboxylic acid groups (broad SMARTS) is 1. The van der Waals surface area contributed by atoms with Gasteiger partial charge in [0, 0.05) is 32.2 Å². The van der Waals surface area contributed by atoms with Gasteiger partial charge in [0.25, 0.3) is 0 Å². The van der Waals surface area contributed by atoms with E-state index in [1.165, 1.54) is 18.4 Å². The topological polar surface area (TPSA) is 86.7 Å². The maximum absolute atomic E-state index is 11.9. The summed E-state index contributed by atoms with van der Waals surface area (Å²) in [6, 6.07) is 6.66. The summed E-state index contributed by atoms with van der Waals surface area (Å²) in [5.74, 6) is -0.791. The first-order chi connectivity index (χ1) is 9.73. The number of sulfonamides is 1. The molecule has 1 atom stereocenters. The summed E-state index contributed by atoms with van der Waals surface area (Å²) >= 11 is 0. The highest BCUT2D eigenvalue weighted by molar-refractivity contribution is 7.89. The van der Waals surface area contributed by atoms with E-state index in [4.69, 9.17) is 5.11 Å². The van der Waals surface area contributed by atoms with Crippen molar-refractivity contribution in [2.45, 2.75) is 37.1 Å². The molecule has 0 aliphatic carbocycles. The van der Waals surface area contributed by atoms with Gasteiger partial charge in [0.05, 0.1) is 4.90 Å². The molecule has 0 aromatic heterocycles. The Kier molecular flexibility index (Phi) is 6.17. The Hall–Kier alpha value is -1.60. The molecule has 1 aromatic carbocycles. The number of carbonyl (C=O) groups is 1. The van der Waals surface area contributed by atoms with Crippen LogP contribution in [-0.4, -0.2) is 43.9 Å². The molecule has 0 aliphatic heterocycles. The highest BCUT2D eigenvalue weighted by Crippen LogP contribution is 2.18. The van der Waals surface area contributed by atoms with Gasteiger partial charge < -0.3 is 10.4 Å². The van der Waals surface area contributed by atoms with Crippen LogP contribution in [0.5, 0.6) is 0 Å². The second-order valence-corrected chi connectivity index (χ2v) is 7.29. The Morgan fingerprint density at radius 3 is 2.33 bits per heavy atom. The molecule has 0 saturated carbocycles. The Morgan fingerprint density at radius 2 is 1.86 bits per heavy atom. The van der Waals surface area contributed by atoms with Gasteiger partial charge in [0.2, 0.25) is 10.0 Å². The number of hydrogen-bond acceptors (Lipinski definition) is 4. The minimum Gasteiger partial charge on any atom is -0.481 e. The monoisotopic (exact) mass is 314 g/mol. The predicted octanol–water partition coefficient (Wildman–Crippen LogP) is 1.99. The molecule has 6 nitrogen and oxygen atoms in total. The van der Waals surface area contributed by atoms with Crippen molar-refractivity contribution in [2.75, 3.05) is 19.4 Å². The molecule has 0 spiro atoms. The van der Waals surface area contributed by atoms with E-state index < -0.39 is 16.0 Å². The maximum atomic E-state index is 11.9. The molecule has 0 heterocycles. The molecule has 21 heavy (non-hydrogen) atoms. The number of benzene rings is 1. The van der Waals surface area contributed by atoms with E-state index in [9.17, 15) is 13.2 Å². The second-order valence-electron chi connectivity index (χ2n) is 5.14. The minimum atomic E-state index is -3.41. The first-order valence-electron chi connectivity index (χ1n) is 6.74. The molecule has 1 aromatic rings. The number of hydrogen-bond donors (Lipinski definition) is 2. The molecular weight excluding hydrogens is 292 g/mol. The molecule has 7 heteroatoms. The quantitative estimate of drug-likeness (QED) is 0.766. The third-order valence-corrected chi connectivity index (χ3v) is 4.90. The Labute approximate surface area is 125 Å². The van der Waals surface area contributed by atoms with Crippen molar-refractivity contribution in [3.8, 4) is 0 Å². The van der Waals surface area contributed by atoms with Crippen molar-refractivity contribution < 1.29 is 18.3 Å². The smallest absolute Gasteiger partial charge is 0.303 e. The predicted molar refractivity (Wildman–Crippen MR) is 81.9 cm³/mol. The Bertz CT molecular complexity index is 567. The van der Waals surface area contributed by atoms with Crippen molar-refractivity contribution in [3.63, 3.8) is 0 Å². The number of anilines is 1. The third kappa shape index (κ3) is 5.35. The second kappa shape index (κ2) is 7.42. The summed E-state index contributed by atoms with van der Waals surface area (Å²) in [6.45, 7) is 1.96. The van der Waals surface area contributed by atoms with Crippen LogP contribution in [-0.2, 0) is 14.8 Å². The van der Waals surface area contributed by atoms with E-state index in [-0.39, 0.29) is 17.4 Å². The van der Waals surface area contributed by atoms with Gasteiger partial charge in [-0.25, -0.2) is 12.7 Å². The van der Waals surface area contributed by atoms with Gasteiger partial charge in [0.1, 0.15) is 0 Å². The standard InChI is InChI=1S/C14H22N2O4S/c1-11(5-4-6-14(17)18)15-12-7-9-13(10-8-12)21(19,20)16(2)3/h7-11,15H,4-6H2,1-3H3,(H,17,18). The first-order valence-corrected chi connectivity index (χ1v) is 8.18. The van der Waals surface area contributed by atoms with Crippen LogP contribution in [0.15, 0.2) is 29.2 Å². The average molecular weight is 314 g/mol. The Balaban J connectivity index is 2.61. The zero-order valence-corrected chi connectivity index (χ0v) is 13.4. The van der Waals surface area contributed by atoms with Gasteiger partial charge in [-0.05, 0) is 44.0 Å². The van der Waals surface area contributed by atoms with E-state index in [2.05, 4.69) is 5.32 Å². The minimum absolute atomic E-state index is 0.126. The van der Waals surface area contributed by atoms with Crippen LogP contribution in [0.2, 0.25) is 0 Å². The first kappa shape index (κ1) is 17.5. The van der Waals surface area contributed by atoms with Crippen LogP contribution in [0, 0.1) is 0 Å². The van der Waals surface area contributed by atoms with Crippen LogP contribution < -0.4 is 5.32 Å². The van der Waals surface area contributed by atoms with Crippen molar-refractivity contribution in [3.05, 3.63) is 24.3 Å². The van der Waals surface area contributed by atoms with Crippen LogP contribution in [0.3, 0.4) is 0 Å². The molecule has 0 radical (unpaired) electrons. The van der Waals surface area contributed by atoms with Crippen molar-refractivity contribution in [1.82, 2.24) is 4.31 Å². The zero-order valence-electron chi connectivity index (χ0n) is 12.5. The van der Waals surface area contributed by atoms with Crippen LogP contribution >= 0.6 is 0 Å². The van der Waals surface area contributed by atoms with Gasteiger partial charge in [-0.2, -0.15) is 0 Å². The summed E-state index contributed by atoms with van der Waals surface area (Å²) in [6.07, 6.45) is 1.51. The molecule has 0 aliphatic rings. The van der Waals surface area contributed by atoms with Crippen LogP contribution in [0.1, 0.15) is 26.2 Å². The third-order valence-electron chi connectivity index (χ3n) is 3.07. The van der Waals surface area contributed by atoms with E-state index in [0.717, 1.165) is 12.1 Å². The van der Waals surface area contributed by atoms with E-state index in [1.807, 2.05) is 6.92 Å². The molecule has 0 amide bonds. The van der Waals surface area contributed by atoms with Gasteiger partial charge >= 0.3 is 5.97 Å². The largest absolute Gasteiger partial charge is 0.481 e. The molecule has 0 saturated heterocycles. The fraction of sp³-hybridized carbons (Fsp3) is 0.500. The highest BCUT2D eigenvalue weighted by atomic mass is 32.2. The van der Waals surface area contributed by atoms with Gasteiger partial charge in [-0.1, -0.05) is 0 Å². The number of aliphatic carboxylic acids is 1. The lowest BCUT2D eigenvalue weighted by molar-refractivity contribution is -0.137. The van der Waals surface area contributed by atoms with Crippen molar-refractivity contribution in [2.24, 2.45) is 0 Å². The molecule has 0 bridgehead atoms. The molecule has 0 fully saturated rings. The summed E-state index contributed by atoms with van der Waals surface area (Å²) in [5.41, 5.74) is 0.815. The molecule has 1 rings (SSSR count). The van der Waals surface area contributed by atoms with E-state index >= 15 is 0 Å². The summed E-state index contributed by atoms with van der Waals surface area (Å²) < 4.78 is 25.0.